The molecule has 0 aliphatic carbocycles. The van der Waals surface area contributed by atoms with Crippen molar-refractivity contribution in [3.8, 4) is 0 Å². The van der Waals surface area contributed by atoms with Gasteiger partial charge in [0.2, 0.25) is 0 Å². The summed E-state index contributed by atoms with van der Waals surface area (Å²) in [6.07, 6.45) is 3.76. The van der Waals surface area contributed by atoms with E-state index < -0.39 is 0 Å². The average Bonchev–Trinajstić information content (AvgIpc) is 2.84. The second-order valence-corrected chi connectivity index (χ2v) is 2.43. The van der Waals surface area contributed by atoms with Crippen molar-refractivity contribution >= 4 is 11.0 Å². The van der Waals surface area contributed by atoms with Crippen molar-refractivity contribution in [2.24, 2.45) is 5.73 Å². The highest BCUT2D eigenvalue weighted by Crippen LogP contribution is 2.09. The summed E-state index contributed by atoms with van der Waals surface area (Å²) < 4.78 is 0. The Morgan fingerprint density at radius 2 is 1.69 bits per heavy atom. The molecule has 0 fully saturated rings. The fourth-order valence-corrected chi connectivity index (χ4v) is 1.05. The van der Waals surface area contributed by atoms with Crippen molar-refractivity contribution in [1.82, 2.24) is 9.97 Å². The number of nitrogens with two attached hydrogens (primary N) is 1. The van der Waals surface area contributed by atoms with Crippen molar-refractivity contribution in [3.05, 3.63) is 30.1 Å². The van der Waals surface area contributed by atoms with Gasteiger partial charge < -0.3 is 10.7 Å². The van der Waals surface area contributed by atoms with Crippen molar-refractivity contribution in [2.75, 3.05) is 7.05 Å². The van der Waals surface area contributed by atoms with Gasteiger partial charge >= 0.3 is 0 Å². The molecule has 2 aromatic heterocycles. The van der Waals surface area contributed by atoms with Gasteiger partial charge in [-0.05, 0) is 31.7 Å². The number of aromatic nitrogens is 2. The van der Waals surface area contributed by atoms with Gasteiger partial charge in [0.15, 0.2) is 0 Å². The van der Waals surface area contributed by atoms with E-state index in [1.165, 1.54) is 18.0 Å². The molecule has 0 radical (unpaired) electrons. The SMILES string of the molecule is CC.CC.CN.Cc1cnc2[nH]ccc2c1. The Hall–Kier alpha value is -1.35. The number of rotatable bonds is 0. The highest BCUT2D eigenvalue weighted by atomic mass is 14.8. The van der Waals surface area contributed by atoms with E-state index in [1.807, 2.05) is 53.1 Å². The van der Waals surface area contributed by atoms with E-state index in [0.29, 0.717) is 0 Å². The number of aryl methyl sites for hydroxylation is 1. The van der Waals surface area contributed by atoms with E-state index in [9.17, 15) is 0 Å². The highest BCUT2D eigenvalue weighted by molar-refractivity contribution is 5.75. The summed E-state index contributed by atoms with van der Waals surface area (Å²) in [5.41, 5.74) is 6.66. The Balaban J connectivity index is 0. The van der Waals surface area contributed by atoms with Crippen LogP contribution in [-0.4, -0.2) is 17.0 Å². The van der Waals surface area contributed by atoms with Gasteiger partial charge in [-0.25, -0.2) is 4.98 Å². The molecule has 0 saturated carbocycles. The second kappa shape index (κ2) is 11.7. The molecule has 2 heterocycles. The summed E-state index contributed by atoms with van der Waals surface area (Å²) >= 11 is 0. The molecule has 0 bridgehead atoms. The molecule has 0 aromatic carbocycles. The van der Waals surface area contributed by atoms with Crippen LogP contribution < -0.4 is 5.73 Å². The molecule has 3 heteroatoms. The van der Waals surface area contributed by atoms with Crippen LogP contribution in [0.25, 0.3) is 11.0 Å². The first-order chi connectivity index (χ1) is 7.86. The summed E-state index contributed by atoms with van der Waals surface area (Å²) in [5.74, 6) is 0. The van der Waals surface area contributed by atoms with E-state index in [-0.39, 0.29) is 0 Å². The number of aromatic amines is 1. The van der Waals surface area contributed by atoms with Crippen LogP contribution in [0.1, 0.15) is 33.3 Å². The first-order valence-electron chi connectivity index (χ1n) is 5.84. The monoisotopic (exact) mass is 223 g/mol. The number of nitrogens with zero attached hydrogens (tertiary/aromatic N) is 1. The molecule has 2 aromatic rings. The average molecular weight is 223 g/mol. The molecule has 0 unspecified atom stereocenters. The standard InChI is InChI=1S/C8H8N2.2C2H6.CH5N/c1-6-4-7-2-3-9-8(7)10-5-6;3*1-2/h2-5H,1H3,(H,9,10);2*1-2H3;2H2,1H3. The van der Waals surface area contributed by atoms with Gasteiger partial charge in [0.25, 0.3) is 0 Å². The zero-order valence-corrected chi connectivity index (χ0v) is 11.3. The van der Waals surface area contributed by atoms with Gasteiger partial charge in [0.05, 0.1) is 0 Å². The maximum absolute atomic E-state index is 4.50. The third kappa shape index (κ3) is 5.51. The van der Waals surface area contributed by atoms with Crippen LogP contribution in [0.15, 0.2) is 24.5 Å². The summed E-state index contributed by atoms with van der Waals surface area (Å²) in [7, 11) is 1.50. The maximum atomic E-state index is 4.50. The maximum Gasteiger partial charge on any atom is 0.137 e. The van der Waals surface area contributed by atoms with Crippen LogP contribution in [0.3, 0.4) is 0 Å². The van der Waals surface area contributed by atoms with E-state index in [1.54, 1.807) is 0 Å². The molecule has 0 amide bonds. The molecule has 0 spiro atoms. The zero-order chi connectivity index (χ0) is 13.0. The number of nitrogens with one attached hydrogen (secondary N) is 1. The van der Waals surface area contributed by atoms with Crippen LogP contribution in [-0.2, 0) is 0 Å². The Morgan fingerprint density at radius 3 is 2.25 bits per heavy atom. The number of hydrogen-bond acceptors (Lipinski definition) is 2. The second-order valence-electron chi connectivity index (χ2n) is 2.43. The minimum absolute atomic E-state index is 0.964. The molecule has 92 valence electrons. The minimum Gasteiger partial charge on any atom is -0.346 e. The van der Waals surface area contributed by atoms with Gasteiger partial charge in [0.1, 0.15) is 5.65 Å². The Kier molecular flexibility index (Phi) is 12.5. The number of pyridine rings is 1. The predicted octanol–water partition coefficient (Wildman–Crippen LogP) is 3.50. The molecule has 0 saturated heterocycles. The van der Waals surface area contributed by atoms with Crippen molar-refractivity contribution < 1.29 is 0 Å². The van der Waals surface area contributed by atoms with E-state index in [0.717, 1.165) is 5.65 Å². The molecule has 0 aliphatic rings. The molecule has 2 rings (SSSR count). The number of H-pyrrole nitrogens is 1. The highest BCUT2D eigenvalue weighted by Gasteiger charge is 1.92. The zero-order valence-electron chi connectivity index (χ0n) is 11.3. The van der Waals surface area contributed by atoms with Crippen LogP contribution in [0, 0.1) is 6.92 Å². The smallest absolute Gasteiger partial charge is 0.137 e. The molecular formula is C13H25N3. The minimum atomic E-state index is 0.964. The Bertz CT molecular complexity index is 353. The predicted molar refractivity (Wildman–Crippen MR) is 73.6 cm³/mol. The summed E-state index contributed by atoms with van der Waals surface area (Å²) in [6, 6.07) is 4.13. The van der Waals surface area contributed by atoms with Crippen LogP contribution in [0.2, 0.25) is 0 Å². The normalized spacial score (nSPS) is 7.69. The number of hydrogen-bond donors (Lipinski definition) is 2. The van der Waals surface area contributed by atoms with E-state index in [4.69, 9.17) is 0 Å². The lowest BCUT2D eigenvalue weighted by Gasteiger charge is -1.89. The molecule has 16 heavy (non-hydrogen) atoms. The first kappa shape index (κ1) is 17.1. The fourth-order valence-electron chi connectivity index (χ4n) is 1.05. The first-order valence-corrected chi connectivity index (χ1v) is 5.84. The lowest BCUT2D eigenvalue weighted by atomic mass is 10.2. The van der Waals surface area contributed by atoms with Gasteiger partial charge in [-0.15, -0.1) is 0 Å². The van der Waals surface area contributed by atoms with E-state index in [2.05, 4.69) is 21.8 Å². The topological polar surface area (TPSA) is 54.7 Å². The van der Waals surface area contributed by atoms with Gasteiger partial charge in [-0.1, -0.05) is 27.7 Å². The molecule has 3 nitrogen and oxygen atoms in total. The fraction of sp³-hybridized carbons (Fsp3) is 0.462. The Morgan fingerprint density at radius 1 is 1.12 bits per heavy atom. The van der Waals surface area contributed by atoms with Crippen molar-refractivity contribution in [2.45, 2.75) is 34.6 Å². The van der Waals surface area contributed by atoms with Crippen LogP contribution in [0.4, 0.5) is 0 Å². The quantitative estimate of drug-likeness (QED) is 0.718. The molecule has 3 N–H and O–H groups in total. The van der Waals surface area contributed by atoms with Gasteiger partial charge in [-0.2, -0.15) is 0 Å². The molecule has 0 aliphatic heterocycles. The van der Waals surface area contributed by atoms with E-state index >= 15 is 0 Å². The van der Waals surface area contributed by atoms with Gasteiger partial charge in [0, 0.05) is 17.8 Å². The Labute approximate surface area is 99.1 Å². The van der Waals surface area contributed by atoms with Crippen molar-refractivity contribution in [1.29, 1.82) is 0 Å². The van der Waals surface area contributed by atoms with Crippen LogP contribution in [0.5, 0.6) is 0 Å². The lowest BCUT2D eigenvalue weighted by molar-refractivity contribution is 1.29. The molecule has 0 atom stereocenters. The summed E-state index contributed by atoms with van der Waals surface area (Å²) in [4.78, 5) is 7.22. The summed E-state index contributed by atoms with van der Waals surface area (Å²) in [5, 5.41) is 1.18. The lowest BCUT2D eigenvalue weighted by Crippen LogP contribution is -1.76. The number of fused-ring (bicyclic) bond motifs is 1. The third-order valence-corrected chi connectivity index (χ3v) is 1.54. The molecular weight excluding hydrogens is 198 g/mol. The third-order valence-electron chi connectivity index (χ3n) is 1.54. The van der Waals surface area contributed by atoms with Crippen molar-refractivity contribution in [3.63, 3.8) is 0 Å². The largest absolute Gasteiger partial charge is 0.346 e. The van der Waals surface area contributed by atoms with Gasteiger partial charge in [-0.3, -0.25) is 0 Å². The van der Waals surface area contributed by atoms with Crippen LogP contribution >= 0.6 is 0 Å². The summed E-state index contributed by atoms with van der Waals surface area (Å²) in [6.45, 7) is 10.0.